The van der Waals surface area contributed by atoms with Gasteiger partial charge in [0, 0.05) is 28.2 Å². The van der Waals surface area contributed by atoms with E-state index in [1.54, 1.807) is 43.3 Å². The third kappa shape index (κ3) is 7.99. The van der Waals surface area contributed by atoms with Crippen molar-refractivity contribution in [3.8, 4) is 5.75 Å². The van der Waals surface area contributed by atoms with E-state index >= 15 is 0 Å². The molecule has 0 aromatic heterocycles. The van der Waals surface area contributed by atoms with Gasteiger partial charge in [0.05, 0.1) is 22.7 Å². The van der Waals surface area contributed by atoms with Crippen LogP contribution in [0.4, 0.5) is 5.69 Å². The van der Waals surface area contributed by atoms with Gasteiger partial charge in [-0.2, -0.15) is 0 Å². The van der Waals surface area contributed by atoms with E-state index in [1.165, 1.54) is 42.3 Å². The molecular weight excluding hydrogens is 645 g/mol. The van der Waals surface area contributed by atoms with Crippen LogP contribution in [-0.2, 0) is 26.2 Å². The fourth-order valence-corrected chi connectivity index (χ4v) is 7.57. The number of sulfonamides is 1. The highest BCUT2D eigenvalue weighted by molar-refractivity contribution is 7.92. The number of amides is 2. The number of anilines is 1. The number of hydrogen-bond acceptors (Lipinski definition) is 5. The van der Waals surface area contributed by atoms with Gasteiger partial charge in [-0.1, -0.05) is 85.3 Å². The minimum absolute atomic E-state index is 0.0116. The molecule has 1 aliphatic rings. The third-order valence-electron chi connectivity index (χ3n) is 7.76. The molecule has 0 saturated heterocycles. The van der Waals surface area contributed by atoms with Crippen LogP contribution in [0.1, 0.15) is 51.0 Å². The lowest BCUT2D eigenvalue weighted by Crippen LogP contribution is -2.54. The quantitative estimate of drug-likeness (QED) is 0.220. The SMILES string of the molecule is CC[C@@H](C(=O)NC1CCCCC1)N(Cc1c(Cl)cccc1Cl)C(=O)CN(c1ccc(OC)c(Cl)c1)S(=O)(=O)c1ccccc1. The van der Waals surface area contributed by atoms with E-state index < -0.39 is 28.5 Å². The zero-order valence-electron chi connectivity index (χ0n) is 24.6. The Bertz CT molecular complexity index is 1550. The summed E-state index contributed by atoms with van der Waals surface area (Å²) in [7, 11) is -2.80. The maximum atomic E-state index is 14.3. The molecule has 1 atom stereocenters. The van der Waals surface area contributed by atoms with Gasteiger partial charge in [0.2, 0.25) is 11.8 Å². The molecule has 2 amide bonds. The maximum Gasteiger partial charge on any atom is 0.264 e. The second-order valence-electron chi connectivity index (χ2n) is 10.6. The number of methoxy groups -OCH3 is 1. The predicted molar refractivity (Wildman–Crippen MR) is 175 cm³/mol. The van der Waals surface area contributed by atoms with Crippen LogP contribution in [0.15, 0.2) is 71.6 Å². The maximum absolute atomic E-state index is 14.3. The summed E-state index contributed by atoms with van der Waals surface area (Å²) in [5.41, 5.74) is 0.612. The Hall–Kier alpha value is -2.98. The van der Waals surface area contributed by atoms with Gasteiger partial charge >= 0.3 is 0 Å². The lowest BCUT2D eigenvalue weighted by molar-refractivity contribution is -0.140. The first-order valence-electron chi connectivity index (χ1n) is 14.5. The molecular formula is C32H36Cl3N3O5S. The molecule has 3 aromatic rings. The molecule has 0 aliphatic heterocycles. The van der Waals surface area contributed by atoms with Gasteiger partial charge in [-0.05, 0) is 61.7 Å². The molecule has 3 aromatic carbocycles. The highest BCUT2D eigenvalue weighted by atomic mass is 35.5. The van der Waals surface area contributed by atoms with Crippen molar-refractivity contribution in [3.63, 3.8) is 0 Å². The van der Waals surface area contributed by atoms with Crippen molar-refractivity contribution in [3.05, 3.63) is 87.4 Å². The number of rotatable bonds is 12. The van der Waals surface area contributed by atoms with Crippen molar-refractivity contribution < 1.29 is 22.7 Å². The average Bonchev–Trinajstić information content (AvgIpc) is 3.01. The number of benzene rings is 3. The number of carbonyl (C=O) groups excluding carboxylic acids is 2. The van der Waals surface area contributed by atoms with Crippen LogP contribution in [-0.4, -0.2) is 50.9 Å². The number of carbonyl (C=O) groups is 2. The van der Waals surface area contributed by atoms with Gasteiger partial charge in [-0.3, -0.25) is 13.9 Å². The Morgan fingerprint density at radius 3 is 2.18 bits per heavy atom. The van der Waals surface area contributed by atoms with Crippen molar-refractivity contribution >= 4 is 62.3 Å². The fourth-order valence-electron chi connectivity index (χ4n) is 5.38. The molecule has 0 unspecified atom stereocenters. The minimum atomic E-state index is -4.25. The molecule has 1 N–H and O–H groups in total. The third-order valence-corrected chi connectivity index (χ3v) is 10.6. The average molecular weight is 681 g/mol. The van der Waals surface area contributed by atoms with E-state index in [2.05, 4.69) is 5.32 Å². The van der Waals surface area contributed by atoms with E-state index in [9.17, 15) is 18.0 Å². The summed E-state index contributed by atoms with van der Waals surface area (Å²) in [5, 5.41) is 3.94. The van der Waals surface area contributed by atoms with Crippen LogP contribution in [0, 0.1) is 0 Å². The summed E-state index contributed by atoms with van der Waals surface area (Å²) in [4.78, 5) is 29.4. The van der Waals surface area contributed by atoms with Crippen LogP contribution < -0.4 is 14.4 Å². The van der Waals surface area contributed by atoms with Crippen LogP contribution in [0.25, 0.3) is 0 Å². The van der Waals surface area contributed by atoms with Gasteiger partial charge in [0.15, 0.2) is 0 Å². The van der Waals surface area contributed by atoms with E-state index in [0.717, 1.165) is 36.4 Å². The van der Waals surface area contributed by atoms with Crippen molar-refractivity contribution in [1.29, 1.82) is 0 Å². The summed E-state index contributed by atoms with van der Waals surface area (Å²) < 4.78 is 34.3. The topological polar surface area (TPSA) is 96.0 Å². The Balaban J connectivity index is 1.75. The summed E-state index contributed by atoms with van der Waals surface area (Å²) in [5.74, 6) is -0.571. The van der Waals surface area contributed by atoms with Gasteiger partial charge in [-0.25, -0.2) is 8.42 Å². The smallest absolute Gasteiger partial charge is 0.264 e. The molecule has 0 radical (unpaired) electrons. The van der Waals surface area contributed by atoms with Gasteiger partial charge in [-0.15, -0.1) is 0 Å². The Morgan fingerprint density at radius 1 is 0.932 bits per heavy atom. The van der Waals surface area contributed by atoms with Crippen LogP contribution in [0.3, 0.4) is 0 Å². The number of nitrogens with one attached hydrogen (secondary N) is 1. The lowest BCUT2D eigenvalue weighted by atomic mass is 9.95. The highest BCUT2D eigenvalue weighted by Gasteiger charge is 2.35. The second-order valence-corrected chi connectivity index (χ2v) is 13.7. The fraction of sp³-hybridized carbons (Fsp3) is 0.375. The minimum Gasteiger partial charge on any atom is -0.495 e. The van der Waals surface area contributed by atoms with Crippen molar-refractivity contribution in [2.24, 2.45) is 0 Å². The van der Waals surface area contributed by atoms with Gasteiger partial charge in [0.1, 0.15) is 18.3 Å². The Morgan fingerprint density at radius 2 is 1.59 bits per heavy atom. The monoisotopic (exact) mass is 679 g/mol. The Labute approximate surface area is 274 Å². The molecule has 44 heavy (non-hydrogen) atoms. The Kier molecular flexibility index (Phi) is 11.8. The van der Waals surface area contributed by atoms with Gasteiger partial charge in [0.25, 0.3) is 10.0 Å². The van der Waals surface area contributed by atoms with E-state index in [-0.39, 0.29) is 40.5 Å². The van der Waals surface area contributed by atoms with E-state index in [0.29, 0.717) is 21.4 Å². The summed E-state index contributed by atoms with van der Waals surface area (Å²) in [6, 6.07) is 16.4. The normalized spacial score (nSPS) is 14.5. The first-order valence-corrected chi connectivity index (χ1v) is 17.1. The first kappa shape index (κ1) is 33.9. The molecule has 0 spiro atoms. The van der Waals surface area contributed by atoms with Crippen molar-refractivity contribution in [1.82, 2.24) is 10.2 Å². The molecule has 8 nitrogen and oxygen atoms in total. The number of hydrogen-bond donors (Lipinski definition) is 1. The van der Waals surface area contributed by atoms with Gasteiger partial charge < -0.3 is 15.0 Å². The number of nitrogens with zero attached hydrogens (tertiary/aromatic N) is 2. The molecule has 1 saturated carbocycles. The summed E-state index contributed by atoms with van der Waals surface area (Å²) >= 11 is 19.4. The van der Waals surface area contributed by atoms with Crippen molar-refractivity contribution in [2.45, 2.75) is 69.0 Å². The predicted octanol–water partition coefficient (Wildman–Crippen LogP) is 7.11. The van der Waals surface area contributed by atoms with E-state index in [4.69, 9.17) is 39.5 Å². The lowest BCUT2D eigenvalue weighted by Gasteiger charge is -2.35. The molecule has 0 bridgehead atoms. The molecule has 12 heteroatoms. The van der Waals surface area contributed by atoms with E-state index in [1.807, 2.05) is 0 Å². The van der Waals surface area contributed by atoms with Crippen molar-refractivity contribution in [2.75, 3.05) is 18.0 Å². The molecule has 4 rings (SSSR count). The summed E-state index contributed by atoms with van der Waals surface area (Å²) in [6.07, 6.45) is 5.20. The first-order chi connectivity index (χ1) is 21.1. The molecule has 1 aliphatic carbocycles. The highest BCUT2D eigenvalue weighted by Crippen LogP contribution is 2.33. The summed E-state index contributed by atoms with van der Waals surface area (Å²) in [6.45, 7) is 1.09. The van der Waals surface area contributed by atoms with Crippen LogP contribution >= 0.6 is 34.8 Å². The zero-order chi connectivity index (χ0) is 31.9. The standard InChI is InChI=1S/C32H36Cl3N3O5S/c1-3-29(32(40)36-22-11-6-4-7-12-22)37(20-25-26(33)15-10-16-27(25)34)31(39)21-38(23-17-18-30(43-2)28(35)19-23)44(41,42)24-13-8-5-9-14-24/h5,8-10,13-19,22,29H,3-4,6-7,11-12,20-21H2,1-2H3,(H,36,40)/t29-/m0/s1. The van der Waals surface area contributed by atoms with Crippen LogP contribution in [0.5, 0.6) is 5.75 Å². The van der Waals surface area contributed by atoms with Crippen LogP contribution in [0.2, 0.25) is 15.1 Å². The molecule has 236 valence electrons. The zero-order valence-corrected chi connectivity index (χ0v) is 27.7. The molecule has 0 heterocycles. The second kappa shape index (κ2) is 15.3. The largest absolute Gasteiger partial charge is 0.495 e. The number of ether oxygens (including phenoxy) is 1. The number of halogens is 3. The molecule has 1 fully saturated rings.